The Kier molecular flexibility index (Phi) is 8.21. The van der Waals surface area contributed by atoms with E-state index in [-0.39, 0.29) is 36.3 Å². The van der Waals surface area contributed by atoms with Crippen LogP contribution in [-0.2, 0) is 30.7 Å². The number of sulfonamides is 1. The number of thiazole rings is 1. The highest BCUT2D eigenvalue weighted by atomic mass is 32.2. The summed E-state index contributed by atoms with van der Waals surface area (Å²) in [6, 6.07) is 14.2. The van der Waals surface area contributed by atoms with Gasteiger partial charge in [-0.25, -0.2) is 18.2 Å². The zero-order chi connectivity index (χ0) is 32.3. The maximum atomic E-state index is 14.3. The molecule has 3 aromatic rings. The van der Waals surface area contributed by atoms with Crippen LogP contribution in [0, 0.1) is 23.2 Å². The van der Waals surface area contributed by atoms with E-state index in [1.807, 2.05) is 30.3 Å². The predicted molar refractivity (Wildman–Crippen MR) is 176 cm³/mol. The van der Waals surface area contributed by atoms with Gasteiger partial charge in [0.2, 0.25) is 10.0 Å². The lowest BCUT2D eigenvalue weighted by molar-refractivity contribution is -0.137. The zero-order valence-corrected chi connectivity index (χ0v) is 28.0. The lowest BCUT2D eigenvalue weighted by Crippen LogP contribution is -2.52. The third-order valence-corrected chi connectivity index (χ3v) is 13.2. The van der Waals surface area contributed by atoms with E-state index < -0.39 is 34.4 Å². The number of aliphatic hydroxyl groups excluding tert-OH is 1. The van der Waals surface area contributed by atoms with Gasteiger partial charge in [-0.2, -0.15) is 4.31 Å². The molecule has 0 radical (unpaired) electrons. The molecule has 11 nitrogen and oxygen atoms in total. The third-order valence-electron chi connectivity index (χ3n) is 10.4. The topological polar surface area (TPSA) is 139 Å². The van der Waals surface area contributed by atoms with E-state index in [1.54, 1.807) is 18.2 Å². The van der Waals surface area contributed by atoms with E-state index in [2.05, 4.69) is 22.5 Å². The normalized spacial score (nSPS) is 28.7. The van der Waals surface area contributed by atoms with Gasteiger partial charge in [0.25, 0.3) is 0 Å². The van der Waals surface area contributed by atoms with Crippen LogP contribution < -0.4 is 10.6 Å². The average Bonchev–Trinajstić information content (AvgIpc) is 4.00. The van der Waals surface area contributed by atoms with Gasteiger partial charge in [0, 0.05) is 25.0 Å². The summed E-state index contributed by atoms with van der Waals surface area (Å²) in [5.74, 6) is 1.30. The molecule has 3 heterocycles. The molecule has 252 valence electrons. The van der Waals surface area contributed by atoms with Crippen molar-refractivity contribution in [1.29, 1.82) is 0 Å². The molecular formula is C34H42N4O7S2. The highest BCUT2D eigenvalue weighted by molar-refractivity contribution is 7.89. The van der Waals surface area contributed by atoms with Gasteiger partial charge >= 0.3 is 6.09 Å². The summed E-state index contributed by atoms with van der Waals surface area (Å²) in [5.41, 5.74) is 1.49. The summed E-state index contributed by atoms with van der Waals surface area (Å²) in [6.07, 6.45) is 2.60. The summed E-state index contributed by atoms with van der Waals surface area (Å²) >= 11 is 1.45. The highest BCUT2D eigenvalue weighted by Crippen LogP contribution is 2.58. The summed E-state index contributed by atoms with van der Waals surface area (Å²) in [4.78, 5) is 18.1. The number of hydrogen-bond acceptors (Lipinski definition) is 10. The first-order valence-corrected chi connectivity index (χ1v) is 19.0. The lowest BCUT2D eigenvalue weighted by atomic mass is 10.0. The zero-order valence-electron chi connectivity index (χ0n) is 26.4. The summed E-state index contributed by atoms with van der Waals surface area (Å²) in [7, 11) is -3.99. The van der Waals surface area contributed by atoms with Crippen LogP contribution in [-0.4, -0.2) is 85.8 Å². The first kappa shape index (κ1) is 31.5. The molecule has 5 fully saturated rings. The molecule has 3 aliphatic carbocycles. The molecule has 13 heteroatoms. The minimum Gasteiger partial charge on any atom is -0.444 e. The molecule has 47 heavy (non-hydrogen) atoms. The molecule has 8 rings (SSSR count). The van der Waals surface area contributed by atoms with Crippen LogP contribution in [0.25, 0.3) is 10.2 Å². The molecule has 1 amide bonds. The molecular weight excluding hydrogens is 641 g/mol. The number of carbonyl (C=O) groups is 1. The van der Waals surface area contributed by atoms with Crippen molar-refractivity contribution in [2.75, 3.05) is 31.6 Å². The number of fused-ring (bicyclic) bond motifs is 2. The van der Waals surface area contributed by atoms with Gasteiger partial charge in [-0.1, -0.05) is 48.6 Å². The number of anilines is 1. The standard InChI is InChI=1S/C34H42N4O7S2/c1-34(11-12-34)19-38(47(41,42)23-9-10-26-29(15-23)46-32(36-26)35-21-7-8-21)16-28(39)27(13-20-5-3-2-4-6-20)37-33(40)45-22-14-24-25-18-44-31(30(24)25)43-17-22/h2-6,9-10,15,21-22,24-25,27-28,30-31,39H,7-8,11-14,16-19H2,1H3,(H,35,36)(H,37,40)/t22?,24?,25?,27-,28+,30?,31?/m0/s1. The minimum absolute atomic E-state index is 0.159. The molecule has 2 aromatic carbocycles. The van der Waals surface area contributed by atoms with Crippen molar-refractivity contribution in [2.45, 2.75) is 80.9 Å². The molecule has 0 spiro atoms. The quantitative estimate of drug-likeness (QED) is 0.240. The number of nitrogens with one attached hydrogen (secondary N) is 2. The van der Waals surface area contributed by atoms with Crippen molar-refractivity contribution in [3.05, 3.63) is 54.1 Å². The molecule has 7 atom stereocenters. The van der Waals surface area contributed by atoms with Crippen LogP contribution in [0.5, 0.6) is 0 Å². The van der Waals surface area contributed by atoms with Gasteiger partial charge in [0.1, 0.15) is 6.10 Å². The maximum absolute atomic E-state index is 14.3. The number of nitrogens with zero attached hydrogens (tertiary/aromatic N) is 2. The van der Waals surface area contributed by atoms with Gasteiger partial charge in [0.15, 0.2) is 11.4 Å². The van der Waals surface area contributed by atoms with Crippen molar-refractivity contribution < 1.29 is 32.5 Å². The molecule has 2 aliphatic heterocycles. The number of aromatic nitrogens is 1. The Morgan fingerprint density at radius 2 is 1.94 bits per heavy atom. The Hall–Kier alpha value is -2.81. The van der Waals surface area contributed by atoms with Crippen LogP contribution in [0.4, 0.5) is 9.93 Å². The number of amides is 1. The Labute approximate surface area is 279 Å². The molecule has 3 N–H and O–H groups in total. The lowest BCUT2D eigenvalue weighted by Gasteiger charge is -2.31. The number of carbonyl (C=O) groups excluding carboxylic acids is 1. The molecule has 5 aliphatic rings. The van der Waals surface area contributed by atoms with Gasteiger partial charge in [-0.3, -0.25) is 0 Å². The first-order chi connectivity index (χ1) is 22.6. The van der Waals surface area contributed by atoms with Crippen LogP contribution in [0.3, 0.4) is 0 Å². The fraction of sp³-hybridized carbons (Fsp3) is 0.588. The average molecular weight is 683 g/mol. The number of ether oxygens (including phenoxy) is 3. The predicted octanol–water partition coefficient (Wildman–Crippen LogP) is 4.37. The summed E-state index contributed by atoms with van der Waals surface area (Å²) in [5, 5.41) is 18.8. The van der Waals surface area contributed by atoms with Crippen LogP contribution in [0.1, 0.15) is 44.6 Å². The van der Waals surface area contributed by atoms with Crippen molar-refractivity contribution in [1.82, 2.24) is 14.6 Å². The second-order valence-electron chi connectivity index (χ2n) is 14.4. The number of rotatable bonds is 13. The van der Waals surface area contributed by atoms with Crippen LogP contribution in [0.2, 0.25) is 0 Å². The molecule has 2 saturated heterocycles. The Balaban J connectivity index is 1.00. The Bertz CT molecular complexity index is 1730. The van der Waals surface area contributed by atoms with Crippen molar-refractivity contribution in [3.8, 4) is 0 Å². The van der Waals surface area contributed by atoms with Gasteiger partial charge in [-0.05, 0) is 79.5 Å². The summed E-state index contributed by atoms with van der Waals surface area (Å²) < 4.78 is 48.1. The first-order valence-electron chi connectivity index (χ1n) is 16.7. The molecule has 0 bridgehead atoms. The van der Waals surface area contributed by atoms with E-state index in [0.717, 1.165) is 53.0 Å². The second-order valence-corrected chi connectivity index (χ2v) is 17.4. The van der Waals surface area contributed by atoms with Gasteiger partial charge < -0.3 is 30.0 Å². The van der Waals surface area contributed by atoms with Gasteiger partial charge in [0.05, 0.1) is 40.5 Å². The molecule has 5 unspecified atom stereocenters. The highest BCUT2D eigenvalue weighted by Gasteiger charge is 2.62. The second kappa shape index (κ2) is 12.3. The SMILES string of the molecule is CC1(CN(C[C@@H](O)[C@H](Cc2ccccc2)NC(=O)OC2COC3OCC4C(C2)C34)S(=O)(=O)c2ccc3nc(NC4CC4)sc3c2)CC1. The van der Waals surface area contributed by atoms with Crippen molar-refractivity contribution >= 4 is 42.8 Å². The number of hydrogen-bond donors (Lipinski definition) is 3. The largest absolute Gasteiger partial charge is 0.444 e. The van der Waals surface area contributed by atoms with Crippen LogP contribution >= 0.6 is 11.3 Å². The molecule has 3 saturated carbocycles. The van der Waals surface area contributed by atoms with E-state index in [1.165, 1.54) is 15.6 Å². The van der Waals surface area contributed by atoms with Crippen molar-refractivity contribution in [2.24, 2.45) is 23.2 Å². The summed E-state index contributed by atoms with van der Waals surface area (Å²) in [6.45, 7) is 3.12. The van der Waals surface area contributed by atoms with Crippen molar-refractivity contribution in [3.63, 3.8) is 0 Å². The van der Waals surface area contributed by atoms with E-state index in [9.17, 15) is 18.3 Å². The Morgan fingerprint density at radius 1 is 1.15 bits per heavy atom. The van der Waals surface area contributed by atoms with E-state index in [4.69, 9.17) is 14.2 Å². The fourth-order valence-electron chi connectivity index (χ4n) is 7.12. The van der Waals surface area contributed by atoms with Gasteiger partial charge in [-0.15, -0.1) is 0 Å². The van der Waals surface area contributed by atoms with Crippen LogP contribution in [0.15, 0.2) is 53.4 Å². The van der Waals surface area contributed by atoms with E-state index in [0.29, 0.717) is 36.8 Å². The minimum atomic E-state index is -3.99. The van der Waals surface area contributed by atoms with E-state index >= 15 is 0 Å². The number of benzene rings is 2. The molecule has 1 aromatic heterocycles. The Morgan fingerprint density at radius 3 is 2.70 bits per heavy atom. The number of alkyl carbamates (subject to hydrolysis) is 1. The monoisotopic (exact) mass is 682 g/mol. The smallest absolute Gasteiger partial charge is 0.407 e. The third kappa shape index (κ3) is 6.88. The maximum Gasteiger partial charge on any atom is 0.407 e. The fourth-order valence-corrected chi connectivity index (χ4v) is 9.82. The number of aliphatic hydroxyl groups is 1.